The molecule has 1 atom stereocenters. The van der Waals surface area contributed by atoms with Crippen LogP contribution in [0.3, 0.4) is 0 Å². The van der Waals surface area contributed by atoms with Crippen LogP contribution in [-0.4, -0.2) is 24.3 Å². The van der Waals surface area contributed by atoms with Crippen molar-refractivity contribution >= 4 is 0 Å². The third-order valence-corrected chi connectivity index (χ3v) is 3.37. The van der Waals surface area contributed by atoms with Crippen molar-refractivity contribution in [2.75, 3.05) is 13.1 Å². The minimum Gasteiger partial charge on any atom is -0.391 e. The molecule has 1 spiro atoms. The van der Waals surface area contributed by atoms with Gasteiger partial charge in [-0.3, -0.25) is 0 Å². The Bertz CT molecular complexity index is 140. The van der Waals surface area contributed by atoms with E-state index in [-0.39, 0.29) is 11.5 Å². The molecule has 1 aliphatic carbocycles. The van der Waals surface area contributed by atoms with E-state index >= 15 is 0 Å². The smallest absolute Gasteiger partial charge is 0.0732 e. The van der Waals surface area contributed by atoms with Gasteiger partial charge in [0.2, 0.25) is 0 Å². The van der Waals surface area contributed by atoms with Crippen LogP contribution < -0.4 is 5.32 Å². The first kappa shape index (κ1) is 7.56. The summed E-state index contributed by atoms with van der Waals surface area (Å²) in [6, 6.07) is 0. The van der Waals surface area contributed by atoms with Gasteiger partial charge in [-0.1, -0.05) is 19.3 Å². The lowest BCUT2D eigenvalue weighted by atomic mass is 9.72. The van der Waals surface area contributed by atoms with E-state index in [4.69, 9.17) is 0 Å². The van der Waals surface area contributed by atoms with Crippen molar-refractivity contribution in [2.24, 2.45) is 5.41 Å². The second-order valence-electron chi connectivity index (χ2n) is 4.07. The van der Waals surface area contributed by atoms with Gasteiger partial charge in [-0.25, -0.2) is 0 Å². The SMILES string of the molecule is OC1CNCC12CCCCC2. The number of hydrogen-bond acceptors (Lipinski definition) is 2. The maximum atomic E-state index is 9.74. The Kier molecular flexibility index (Phi) is 1.90. The highest BCUT2D eigenvalue weighted by molar-refractivity contribution is 4.96. The fourth-order valence-electron chi connectivity index (χ4n) is 2.56. The lowest BCUT2D eigenvalue weighted by molar-refractivity contribution is 0.0392. The Hall–Kier alpha value is -0.0800. The van der Waals surface area contributed by atoms with Crippen molar-refractivity contribution in [3.8, 4) is 0 Å². The zero-order valence-corrected chi connectivity index (χ0v) is 6.97. The second-order valence-corrected chi connectivity index (χ2v) is 4.07. The Morgan fingerprint density at radius 1 is 1.18 bits per heavy atom. The average Bonchev–Trinajstić information content (AvgIpc) is 2.36. The van der Waals surface area contributed by atoms with Crippen LogP contribution in [0, 0.1) is 5.41 Å². The third kappa shape index (κ3) is 1.18. The predicted molar refractivity (Wildman–Crippen MR) is 44.4 cm³/mol. The number of aliphatic hydroxyl groups is 1. The molecule has 1 aliphatic heterocycles. The van der Waals surface area contributed by atoms with E-state index in [0.717, 1.165) is 13.1 Å². The normalized spacial score (nSPS) is 36.3. The van der Waals surface area contributed by atoms with Crippen LogP contribution in [0.5, 0.6) is 0 Å². The molecule has 0 aromatic rings. The number of β-amino-alcohol motifs (C(OH)–C–C–N with tert-alkyl or cyclic N) is 1. The highest BCUT2D eigenvalue weighted by Gasteiger charge is 2.42. The van der Waals surface area contributed by atoms with E-state index in [9.17, 15) is 5.11 Å². The van der Waals surface area contributed by atoms with E-state index in [1.54, 1.807) is 0 Å². The van der Waals surface area contributed by atoms with Crippen molar-refractivity contribution in [2.45, 2.75) is 38.2 Å². The van der Waals surface area contributed by atoms with Crippen molar-refractivity contribution in [1.29, 1.82) is 0 Å². The van der Waals surface area contributed by atoms with Gasteiger partial charge in [-0.15, -0.1) is 0 Å². The zero-order valence-electron chi connectivity index (χ0n) is 6.97. The summed E-state index contributed by atoms with van der Waals surface area (Å²) < 4.78 is 0. The fourth-order valence-corrected chi connectivity index (χ4v) is 2.56. The van der Waals surface area contributed by atoms with Crippen molar-refractivity contribution < 1.29 is 5.11 Å². The van der Waals surface area contributed by atoms with Gasteiger partial charge in [0.1, 0.15) is 0 Å². The summed E-state index contributed by atoms with van der Waals surface area (Å²) in [6.45, 7) is 1.87. The minimum atomic E-state index is -0.0669. The summed E-state index contributed by atoms with van der Waals surface area (Å²) in [5, 5.41) is 13.0. The third-order valence-electron chi connectivity index (χ3n) is 3.37. The molecule has 2 N–H and O–H groups in total. The first-order chi connectivity index (χ1) is 5.33. The van der Waals surface area contributed by atoms with Gasteiger partial charge < -0.3 is 10.4 Å². The number of nitrogens with one attached hydrogen (secondary N) is 1. The first-order valence-electron chi connectivity index (χ1n) is 4.72. The maximum Gasteiger partial charge on any atom is 0.0732 e. The van der Waals surface area contributed by atoms with E-state index in [1.165, 1.54) is 32.1 Å². The van der Waals surface area contributed by atoms with Crippen LogP contribution in [0.15, 0.2) is 0 Å². The molecule has 0 amide bonds. The summed E-state index contributed by atoms with van der Waals surface area (Å²) >= 11 is 0. The molecule has 1 saturated carbocycles. The Labute approximate surface area is 68.0 Å². The summed E-state index contributed by atoms with van der Waals surface area (Å²) in [6.07, 6.45) is 6.41. The van der Waals surface area contributed by atoms with Crippen molar-refractivity contribution in [3.63, 3.8) is 0 Å². The first-order valence-corrected chi connectivity index (χ1v) is 4.72. The molecule has 1 saturated heterocycles. The van der Waals surface area contributed by atoms with Crippen LogP contribution in [0.25, 0.3) is 0 Å². The molecule has 0 aromatic carbocycles. The monoisotopic (exact) mass is 155 g/mol. The summed E-state index contributed by atoms with van der Waals surface area (Å²) in [5.41, 5.74) is 0.276. The molecule has 0 bridgehead atoms. The molecule has 0 aromatic heterocycles. The van der Waals surface area contributed by atoms with Crippen LogP contribution in [0.1, 0.15) is 32.1 Å². The molecule has 1 unspecified atom stereocenters. The molecule has 2 fully saturated rings. The molecule has 64 valence electrons. The molecular formula is C9H17NO. The number of aliphatic hydroxyl groups excluding tert-OH is 1. The minimum absolute atomic E-state index is 0.0669. The molecule has 1 heterocycles. The molecule has 11 heavy (non-hydrogen) atoms. The lowest BCUT2D eigenvalue weighted by Gasteiger charge is -2.35. The molecule has 2 rings (SSSR count). The maximum absolute atomic E-state index is 9.74. The average molecular weight is 155 g/mol. The van der Waals surface area contributed by atoms with Gasteiger partial charge in [-0.05, 0) is 12.8 Å². The zero-order chi connectivity index (χ0) is 7.73. The van der Waals surface area contributed by atoms with E-state index in [2.05, 4.69) is 5.32 Å². The number of rotatable bonds is 0. The summed E-state index contributed by atoms with van der Waals surface area (Å²) in [7, 11) is 0. The van der Waals surface area contributed by atoms with Crippen molar-refractivity contribution in [1.82, 2.24) is 5.32 Å². The summed E-state index contributed by atoms with van der Waals surface area (Å²) in [5.74, 6) is 0. The standard InChI is InChI=1S/C9H17NO/c11-8-6-10-7-9(8)4-2-1-3-5-9/h8,10-11H,1-7H2. The quantitative estimate of drug-likeness (QED) is 0.545. The van der Waals surface area contributed by atoms with Crippen LogP contribution in [0.4, 0.5) is 0 Å². The van der Waals surface area contributed by atoms with E-state index in [0.29, 0.717) is 0 Å². The predicted octanol–water partition coefficient (Wildman–Crippen LogP) is 0.901. The molecule has 2 aliphatic rings. The molecular weight excluding hydrogens is 138 g/mol. The molecule has 2 heteroatoms. The fraction of sp³-hybridized carbons (Fsp3) is 1.00. The van der Waals surface area contributed by atoms with Gasteiger partial charge in [0.25, 0.3) is 0 Å². The second kappa shape index (κ2) is 2.76. The van der Waals surface area contributed by atoms with Crippen LogP contribution >= 0.6 is 0 Å². The lowest BCUT2D eigenvalue weighted by Crippen LogP contribution is -2.35. The Morgan fingerprint density at radius 3 is 2.45 bits per heavy atom. The topological polar surface area (TPSA) is 32.3 Å². The summed E-state index contributed by atoms with van der Waals surface area (Å²) in [4.78, 5) is 0. The van der Waals surface area contributed by atoms with E-state index < -0.39 is 0 Å². The Balaban J connectivity index is 2.06. The molecule has 2 nitrogen and oxygen atoms in total. The van der Waals surface area contributed by atoms with E-state index in [1.807, 2.05) is 0 Å². The largest absolute Gasteiger partial charge is 0.391 e. The van der Waals surface area contributed by atoms with Gasteiger partial charge in [-0.2, -0.15) is 0 Å². The highest BCUT2D eigenvalue weighted by Crippen LogP contribution is 2.40. The van der Waals surface area contributed by atoms with Crippen LogP contribution in [-0.2, 0) is 0 Å². The van der Waals surface area contributed by atoms with Gasteiger partial charge in [0, 0.05) is 18.5 Å². The number of hydrogen-bond donors (Lipinski definition) is 2. The van der Waals surface area contributed by atoms with Crippen molar-refractivity contribution in [3.05, 3.63) is 0 Å². The van der Waals surface area contributed by atoms with Gasteiger partial charge >= 0.3 is 0 Å². The Morgan fingerprint density at radius 2 is 1.91 bits per heavy atom. The van der Waals surface area contributed by atoms with Gasteiger partial charge in [0.15, 0.2) is 0 Å². The van der Waals surface area contributed by atoms with Gasteiger partial charge in [0.05, 0.1) is 6.10 Å². The molecule has 0 radical (unpaired) electrons. The highest BCUT2D eigenvalue weighted by atomic mass is 16.3. The van der Waals surface area contributed by atoms with Crippen LogP contribution in [0.2, 0.25) is 0 Å².